The van der Waals surface area contributed by atoms with Gasteiger partial charge < -0.3 is 0 Å². The topological polar surface area (TPSA) is 51.6 Å². The quantitative estimate of drug-likeness (QED) is 0.218. The van der Waals surface area contributed by atoms with Crippen LogP contribution in [-0.4, -0.2) is 19.9 Å². The lowest BCUT2D eigenvalue weighted by molar-refractivity contribution is 0.666. The zero-order chi connectivity index (χ0) is 29.0. The summed E-state index contributed by atoms with van der Waals surface area (Å²) < 4.78 is 0. The van der Waals surface area contributed by atoms with Crippen LogP contribution in [0.5, 0.6) is 0 Å². The minimum atomic E-state index is -0.166. The number of hydrogen-bond acceptors (Lipinski definition) is 4. The summed E-state index contributed by atoms with van der Waals surface area (Å²) in [6.45, 7) is 4.65. The maximum absolute atomic E-state index is 5.04. The average molecular weight is 553 g/mol. The Morgan fingerprint density at radius 3 is 1.84 bits per heavy atom. The summed E-state index contributed by atoms with van der Waals surface area (Å²) in [5, 5.41) is 2.58. The fraction of sp³-hybridized carbons (Fsp3) is 0.0769. The van der Waals surface area contributed by atoms with E-state index in [2.05, 4.69) is 97.7 Å². The highest BCUT2D eigenvalue weighted by Gasteiger charge is 2.37. The number of nitrogens with zero attached hydrogens (tertiary/aromatic N) is 4. The highest BCUT2D eigenvalue weighted by atomic mass is 15.0. The van der Waals surface area contributed by atoms with E-state index in [9.17, 15) is 0 Å². The van der Waals surface area contributed by atoms with Crippen LogP contribution in [0, 0.1) is 0 Å². The van der Waals surface area contributed by atoms with E-state index in [4.69, 9.17) is 15.0 Å². The SMILES string of the molecule is CC1(C)c2cc(-c3nc(-c4ccccc4)nc(-c4ccc(-c5ccccn5)cc4)n3)ccc2-c2ccc3ccccc3c21. The van der Waals surface area contributed by atoms with Crippen molar-refractivity contribution in [3.63, 3.8) is 0 Å². The van der Waals surface area contributed by atoms with Crippen LogP contribution in [0.3, 0.4) is 0 Å². The standard InChI is InChI=1S/C39H28N4/c1-39(2)33-24-29(20-21-31(33)32-22-19-25-10-6-7-13-30(25)35(32)39)38-42-36(27-11-4-3-5-12-27)41-37(43-38)28-17-15-26(16-18-28)34-14-8-9-23-40-34/h3-24H,1-2H3. The summed E-state index contributed by atoms with van der Waals surface area (Å²) in [6, 6.07) is 44.2. The number of fused-ring (bicyclic) bond motifs is 5. The van der Waals surface area contributed by atoms with Crippen LogP contribution in [0.25, 0.3) is 67.3 Å². The largest absolute Gasteiger partial charge is 0.256 e. The van der Waals surface area contributed by atoms with Gasteiger partial charge in [-0.1, -0.05) is 123 Å². The van der Waals surface area contributed by atoms with Crippen LogP contribution < -0.4 is 0 Å². The van der Waals surface area contributed by atoms with Crippen molar-refractivity contribution in [1.82, 2.24) is 19.9 Å². The molecule has 0 spiro atoms. The van der Waals surface area contributed by atoms with E-state index in [1.165, 1.54) is 33.0 Å². The zero-order valence-corrected chi connectivity index (χ0v) is 24.0. The predicted octanol–water partition coefficient (Wildman–Crippen LogP) is 9.39. The lowest BCUT2D eigenvalue weighted by Crippen LogP contribution is -2.15. The van der Waals surface area contributed by atoms with Crippen molar-refractivity contribution in [3.8, 4) is 56.5 Å². The molecule has 0 amide bonds. The minimum Gasteiger partial charge on any atom is -0.256 e. The second kappa shape index (κ2) is 9.81. The van der Waals surface area contributed by atoms with Gasteiger partial charge in [0.05, 0.1) is 5.69 Å². The van der Waals surface area contributed by atoms with Crippen LogP contribution in [0.2, 0.25) is 0 Å². The first-order valence-electron chi connectivity index (χ1n) is 14.6. The van der Waals surface area contributed by atoms with Gasteiger partial charge >= 0.3 is 0 Å². The fourth-order valence-corrected chi connectivity index (χ4v) is 6.41. The van der Waals surface area contributed by atoms with E-state index in [1.54, 1.807) is 0 Å². The highest BCUT2D eigenvalue weighted by Crippen LogP contribution is 2.52. The molecule has 0 N–H and O–H groups in total. The molecule has 2 aromatic heterocycles. The molecule has 2 heterocycles. The van der Waals surface area contributed by atoms with Crippen LogP contribution in [0.15, 0.2) is 134 Å². The summed E-state index contributed by atoms with van der Waals surface area (Å²) in [7, 11) is 0. The van der Waals surface area contributed by atoms with Crippen molar-refractivity contribution in [3.05, 3.63) is 145 Å². The van der Waals surface area contributed by atoms with Crippen molar-refractivity contribution < 1.29 is 0 Å². The smallest absolute Gasteiger partial charge is 0.164 e. The minimum absolute atomic E-state index is 0.166. The van der Waals surface area contributed by atoms with Gasteiger partial charge in [0.15, 0.2) is 17.5 Å². The molecule has 1 aliphatic rings. The third kappa shape index (κ3) is 4.22. The van der Waals surface area contributed by atoms with E-state index >= 15 is 0 Å². The molecule has 0 aliphatic heterocycles. The number of rotatable bonds is 4. The van der Waals surface area contributed by atoms with Crippen LogP contribution in [0.4, 0.5) is 0 Å². The van der Waals surface area contributed by atoms with Gasteiger partial charge in [0.25, 0.3) is 0 Å². The van der Waals surface area contributed by atoms with Gasteiger partial charge in [0.2, 0.25) is 0 Å². The van der Waals surface area contributed by atoms with E-state index in [-0.39, 0.29) is 5.41 Å². The molecule has 4 heteroatoms. The first kappa shape index (κ1) is 25.2. The Morgan fingerprint density at radius 1 is 0.488 bits per heavy atom. The second-order valence-corrected chi connectivity index (χ2v) is 11.6. The summed E-state index contributed by atoms with van der Waals surface area (Å²) in [6.07, 6.45) is 1.81. The van der Waals surface area contributed by atoms with Crippen molar-refractivity contribution >= 4 is 10.8 Å². The molecule has 0 saturated carbocycles. The van der Waals surface area contributed by atoms with Gasteiger partial charge in [-0.2, -0.15) is 0 Å². The Kier molecular flexibility index (Phi) is 5.76. The maximum atomic E-state index is 5.04. The number of benzene rings is 5. The van der Waals surface area contributed by atoms with Gasteiger partial charge in [-0.15, -0.1) is 0 Å². The molecule has 0 atom stereocenters. The summed E-state index contributed by atoms with van der Waals surface area (Å²) >= 11 is 0. The Bertz CT molecular complexity index is 2130. The van der Waals surface area contributed by atoms with Crippen LogP contribution in [0.1, 0.15) is 25.0 Å². The van der Waals surface area contributed by atoms with E-state index in [0.717, 1.165) is 27.9 Å². The van der Waals surface area contributed by atoms with E-state index in [0.29, 0.717) is 17.5 Å². The Balaban J connectivity index is 1.26. The predicted molar refractivity (Wildman–Crippen MR) is 174 cm³/mol. The molecule has 1 aliphatic carbocycles. The molecule has 43 heavy (non-hydrogen) atoms. The molecule has 0 fully saturated rings. The Labute approximate surface area is 250 Å². The average Bonchev–Trinajstić information content (AvgIpc) is 3.31. The summed E-state index contributed by atoms with van der Waals surface area (Å²) in [5.41, 5.74) is 9.94. The van der Waals surface area contributed by atoms with Gasteiger partial charge in [0.1, 0.15) is 0 Å². The monoisotopic (exact) mass is 552 g/mol. The number of pyridine rings is 1. The second-order valence-electron chi connectivity index (χ2n) is 11.6. The van der Waals surface area contributed by atoms with Gasteiger partial charge in [-0.25, -0.2) is 15.0 Å². The van der Waals surface area contributed by atoms with E-state index < -0.39 is 0 Å². The van der Waals surface area contributed by atoms with Crippen LogP contribution in [-0.2, 0) is 5.41 Å². The lowest BCUT2D eigenvalue weighted by atomic mass is 9.80. The molecule has 8 rings (SSSR count). The first-order valence-corrected chi connectivity index (χ1v) is 14.6. The van der Waals surface area contributed by atoms with Crippen molar-refractivity contribution in [2.24, 2.45) is 0 Å². The van der Waals surface area contributed by atoms with Crippen molar-refractivity contribution in [2.75, 3.05) is 0 Å². The molecule has 204 valence electrons. The molecule has 0 unspecified atom stereocenters. The number of hydrogen-bond donors (Lipinski definition) is 0. The third-order valence-electron chi connectivity index (χ3n) is 8.57. The molecule has 0 saturated heterocycles. The van der Waals surface area contributed by atoms with E-state index in [1.807, 2.05) is 54.7 Å². The molecule has 4 nitrogen and oxygen atoms in total. The molecule has 7 aromatic rings. The molecular formula is C39H28N4. The normalized spacial score (nSPS) is 13.1. The molecule has 0 radical (unpaired) electrons. The summed E-state index contributed by atoms with van der Waals surface area (Å²) in [4.78, 5) is 19.5. The van der Waals surface area contributed by atoms with Gasteiger partial charge in [-0.3, -0.25) is 4.98 Å². The van der Waals surface area contributed by atoms with Crippen molar-refractivity contribution in [1.29, 1.82) is 0 Å². The van der Waals surface area contributed by atoms with Crippen LogP contribution >= 0.6 is 0 Å². The maximum Gasteiger partial charge on any atom is 0.164 e. The summed E-state index contributed by atoms with van der Waals surface area (Å²) in [5.74, 6) is 1.96. The lowest BCUT2D eigenvalue weighted by Gasteiger charge is -2.23. The highest BCUT2D eigenvalue weighted by molar-refractivity contribution is 5.97. The van der Waals surface area contributed by atoms with Crippen molar-refractivity contribution in [2.45, 2.75) is 19.3 Å². The number of aromatic nitrogens is 4. The fourth-order valence-electron chi connectivity index (χ4n) is 6.41. The van der Waals surface area contributed by atoms with Gasteiger partial charge in [-0.05, 0) is 51.2 Å². The molecular weight excluding hydrogens is 524 g/mol. The molecule has 5 aromatic carbocycles. The van der Waals surface area contributed by atoms with Gasteiger partial charge in [0, 0.05) is 33.9 Å². The zero-order valence-electron chi connectivity index (χ0n) is 24.0. The molecule has 0 bridgehead atoms. The first-order chi connectivity index (χ1) is 21.1. The Morgan fingerprint density at radius 2 is 1.09 bits per heavy atom. The Hall–Kier alpha value is -5.48. The third-order valence-corrected chi connectivity index (χ3v) is 8.57.